The molecule has 0 spiro atoms. The number of nitrogens with zero attached hydrogens (tertiary/aromatic N) is 3. The number of halogens is 1. The highest BCUT2D eigenvalue weighted by Gasteiger charge is 2.23. The average Bonchev–Trinajstić information content (AvgIpc) is 3.14. The van der Waals surface area contributed by atoms with E-state index >= 15 is 0 Å². The largest absolute Gasteiger partial charge is 0.438 e. The molecule has 1 aliphatic carbocycles. The molecular formula is C14H16FN3O2. The van der Waals surface area contributed by atoms with Gasteiger partial charge in [-0.15, -0.1) is 5.10 Å². The Labute approximate surface area is 115 Å². The van der Waals surface area contributed by atoms with Gasteiger partial charge < -0.3 is 4.42 Å². The van der Waals surface area contributed by atoms with Crippen molar-refractivity contribution < 1.29 is 8.81 Å². The Kier molecular flexibility index (Phi) is 3.40. The summed E-state index contributed by atoms with van der Waals surface area (Å²) in [4.78, 5) is 13.8. The Bertz CT molecular complexity index is 643. The summed E-state index contributed by atoms with van der Waals surface area (Å²) in [5.74, 6) is 0.140. The van der Waals surface area contributed by atoms with Gasteiger partial charge in [0.15, 0.2) is 0 Å². The fraction of sp³-hybridized carbons (Fsp3) is 0.429. The lowest BCUT2D eigenvalue weighted by Crippen LogP contribution is -2.29. The van der Waals surface area contributed by atoms with Gasteiger partial charge in [0.1, 0.15) is 5.82 Å². The number of aromatic nitrogens is 2. The predicted molar refractivity (Wildman–Crippen MR) is 71.5 cm³/mol. The lowest BCUT2D eigenvalue weighted by Gasteiger charge is -2.14. The molecular weight excluding hydrogens is 261 g/mol. The Balaban J connectivity index is 1.76. The molecule has 0 N–H and O–H groups in total. The lowest BCUT2D eigenvalue weighted by atomic mass is 10.2. The van der Waals surface area contributed by atoms with Crippen LogP contribution in [0, 0.1) is 11.7 Å². The molecule has 1 aromatic carbocycles. The molecule has 5 nitrogen and oxygen atoms in total. The minimum atomic E-state index is -0.494. The molecule has 1 aliphatic rings. The summed E-state index contributed by atoms with van der Waals surface area (Å²) in [5, 5.41) is 4.15. The standard InChI is InChI=1S/C14H16FN3O2/c1-17(8-10-2-3-10)9-18-14(19)20-13(16-18)11-4-6-12(15)7-5-11/h4-7,10H,2-3,8-9H2,1H3. The maximum Gasteiger partial charge on any atom is 0.438 e. The summed E-state index contributed by atoms with van der Waals surface area (Å²) in [6.45, 7) is 1.37. The minimum absolute atomic E-state index is 0.217. The van der Waals surface area contributed by atoms with Gasteiger partial charge in [0.2, 0.25) is 5.89 Å². The highest BCUT2D eigenvalue weighted by molar-refractivity contribution is 5.51. The van der Waals surface area contributed by atoms with Gasteiger partial charge in [-0.25, -0.2) is 9.18 Å². The number of benzene rings is 1. The van der Waals surface area contributed by atoms with Crippen molar-refractivity contribution in [2.45, 2.75) is 19.5 Å². The zero-order valence-electron chi connectivity index (χ0n) is 11.3. The quantitative estimate of drug-likeness (QED) is 0.838. The summed E-state index contributed by atoms with van der Waals surface area (Å²) >= 11 is 0. The van der Waals surface area contributed by atoms with Crippen molar-refractivity contribution in [1.29, 1.82) is 0 Å². The highest BCUT2D eigenvalue weighted by Crippen LogP contribution is 2.29. The minimum Gasteiger partial charge on any atom is -0.388 e. The molecule has 3 rings (SSSR count). The molecule has 1 fully saturated rings. The molecule has 6 heteroatoms. The van der Waals surface area contributed by atoms with Crippen LogP contribution in [0.25, 0.3) is 11.5 Å². The molecule has 1 heterocycles. The molecule has 106 valence electrons. The summed E-state index contributed by atoms with van der Waals surface area (Å²) in [6.07, 6.45) is 2.53. The van der Waals surface area contributed by atoms with Crippen LogP contribution in [0.15, 0.2) is 33.5 Å². The number of hydrogen-bond acceptors (Lipinski definition) is 4. The molecule has 0 amide bonds. The SMILES string of the molecule is CN(CC1CC1)Cn1nc(-c2ccc(F)cc2)oc1=O. The van der Waals surface area contributed by atoms with Crippen molar-refractivity contribution in [3.05, 3.63) is 40.6 Å². The van der Waals surface area contributed by atoms with E-state index in [1.165, 1.54) is 29.7 Å². The second kappa shape index (κ2) is 5.20. The second-order valence-corrected chi connectivity index (χ2v) is 5.30. The maximum atomic E-state index is 12.9. The van der Waals surface area contributed by atoms with E-state index in [4.69, 9.17) is 4.42 Å². The van der Waals surface area contributed by atoms with Gasteiger partial charge in [-0.3, -0.25) is 4.90 Å². The first-order valence-electron chi connectivity index (χ1n) is 6.64. The van der Waals surface area contributed by atoms with Crippen LogP contribution in [-0.4, -0.2) is 28.3 Å². The van der Waals surface area contributed by atoms with Crippen molar-refractivity contribution >= 4 is 0 Å². The third kappa shape index (κ3) is 2.96. The summed E-state index contributed by atoms with van der Waals surface area (Å²) in [6, 6.07) is 5.71. The first-order chi connectivity index (χ1) is 9.61. The van der Waals surface area contributed by atoms with Gasteiger partial charge in [-0.05, 0) is 50.1 Å². The van der Waals surface area contributed by atoms with E-state index in [2.05, 4.69) is 10.00 Å². The van der Waals surface area contributed by atoms with Crippen LogP contribution in [0.4, 0.5) is 4.39 Å². The third-order valence-corrected chi connectivity index (χ3v) is 3.34. The monoisotopic (exact) mass is 277 g/mol. The van der Waals surface area contributed by atoms with Crippen molar-refractivity contribution in [2.75, 3.05) is 13.6 Å². The van der Waals surface area contributed by atoms with Crippen LogP contribution >= 0.6 is 0 Å². The van der Waals surface area contributed by atoms with Crippen molar-refractivity contribution in [3.63, 3.8) is 0 Å². The maximum absolute atomic E-state index is 12.9. The molecule has 0 unspecified atom stereocenters. The number of rotatable bonds is 5. The van der Waals surface area contributed by atoms with Crippen LogP contribution in [0.5, 0.6) is 0 Å². The molecule has 2 aromatic rings. The van der Waals surface area contributed by atoms with E-state index < -0.39 is 5.76 Å². The zero-order valence-corrected chi connectivity index (χ0v) is 11.3. The fourth-order valence-electron chi connectivity index (χ4n) is 2.13. The van der Waals surface area contributed by atoms with Crippen LogP contribution in [0.1, 0.15) is 12.8 Å². The van der Waals surface area contributed by atoms with Gasteiger partial charge in [0, 0.05) is 12.1 Å². The van der Waals surface area contributed by atoms with E-state index in [1.807, 2.05) is 7.05 Å². The number of hydrogen-bond donors (Lipinski definition) is 0. The molecule has 20 heavy (non-hydrogen) atoms. The Morgan fingerprint density at radius 1 is 1.40 bits per heavy atom. The van der Waals surface area contributed by atoms with Gasteiger partial charge in [-0.1, -0.05) is 0 Å². The molecule has 0 radical (unpaired) electrons. The Hall–Kier alpha value is -1.95. The molecule has 0 saturated heterocycles. The van der Waals surface area contributed by atoms with E-state index in [1.54, 1.807) is 12.1 Å². The van der Waals surface area contributed by atoms with Crippen LogP contribution < -0.4 is 5.76 Å². The smallest absolute Gasteiger partial charge is 0.388 e. The van der Waals surface area contributed by atoms with Crippen molar-refractivity contribution in [1.82, 2.24) is 14.7 Å². The fourth-order valence-corrected chi connectivity index (χ4v) is 2.13. The zero-order chi connectivity index (χ0) is 14.1. The Morgan fingerprint density at radius 2 is 2.10 bits per heavy atom. The topological polar surface area (TPSA) is 51.3 Å². The van der Waals surface area contributed by atoms with Crippen molar-refractivity contribution in [3.8, 4) is 11.5 Å². The van der Waals surface area contributed by atoms with Gasteiger partial charge in [0.05, 0.1) is 6.67 Å². The second-order valence-electron chi connectivity index (χ2n) is 5.30. The first-order valence-corrected chi connectivity index (χ1v) is 6.64. The van der Waals surface area contributed by atoms with Gasteiger partial charge in [0.25, 0.3) is 0 Å². The first kappa shape index (κ1) is 13.1. The molecule has 1 aromatic heterocycles. The average molecular weight is 277 g/mol. The summed E-state index contributed by atoms with van der Waals surface area (Å²) in [5.41, 5.74) is 0.590. The van der Waals surface area contributed by atoms with Gasteiger partial charge >= 0.3 is 5.76 Å². The Morgan fingerprint density at radius 3 is 2.75 bits per heavy atom. The molecule has 0 bridgehead atoms. The van der Waals surface area contributed by atoms with E-state index in [9.17, 15) is 9.18 Å². The summed E-state index contributed by atoms with van der Waals surface area (Å²) in [7, 11) is 1.96. The molecule has 0 aliphatic heterocycles. The van der Waals surface area contributed by atoms with E-state index in [-0.39, 0.29) is 11.7 Å². The highest BCUT2D eigenvalue weighted by atomic mass is 19.1. The van der Waals surface area contributed by atoms with Gasteiger partial charge in [-0.2, -0.15) is 4.68 Å². The van der Waals surface area contributed by atoms with Crippen LogP contribution in [-0.2, 0) is 6.67 Å². The van der Waals surface area contributed by atoms with E-state index in [0.717, 1.165) is 12.5 Å². The van der Waals surface area contributed by atoms with E-state index in [0.29, 0.717) is 12.2 Å². The molecule has 1 saturated carbocycles. The third-order valence-electron chi connectivity index (χ3n) is 3.34. The normalized spacial score (nSPS) is 14.9. The van der Waals surface area contributed by atoms with Crippen molar-refractivity contribution in [2.24, 2.45) is 5.92 Å². The van der Waals surface area contributed by atoms with Crippen LogP contribution in [0.2, 0.25) is 0 Å². The summed E-state index contributed by atoms with van der Waals surface area (Å²) < 4.78 is 19.3. The molecule has 0 atom stereocenters. The van der Waals surface area contributed by atoms with Crippen LogP contribution in [0.3, 0.4) is 0 Å². The predicted octanol–water partition coefficient (Wildman–Crippen LogP) is 1.94. The lowest BCUT2D eigenvalue weighted by molar-refractivity contribution is 0.236.